The molecule has 1 N–H and O–H groups in total. The van der Waals surface area contributed by atoms with E-state index in [-0.39, 0.29) is 0 Å². The molecule has 0 aliphatic rings. The molecule has 0 radical (unpaired) electrons. The molecule has 2 aromatic rings. The summed E-state index contributed by atoms with van der Waals surface area (Å²) in [6.07, 6.45) is 1.10. The van der Waals surface area contributed by atoms with Crippen LogP contribution in [-0.2, 0) is 13.2 Å². The Balaban J connectivity index is 1.91. The van der Waals surface area contributed by atoms with E-state index in [9.17, 15) is 0 Å². The molecule has 5 nitrogen and oxygen atoms in total. The molecule has 1 heterocycles. The SMILES string of the molecule is CCCNCc1cc(COc2ccc(C)cc2OC)on1. The summed E-state index contributed by atoms with van der Waals surface area (Å²) >= 11 is 0. The Morgan fingerprint density at radius 3 is 2.86 bits per heavy atom. The largest absolute Gasteiger partial charge is 0.493 e. The molecule has 0 bridgehead atoms. The normalized spacial score (nSPS) is 10.6. The predicted octanol–water partition coefficient (Wildman–Crippen LogP) is 3.07. The summed E-state index contributed by atoms with van der Waals surface area (Å²) in [4.78, 5) is 0. The smallest absolute Gasteiger partial charge is 0.174 e. The number of rotatable bonds is 8. The molecule has 0 atom stereocenters. The van der Waals surface area contributed by atoms with Crippen molar-refractivity contribution < 1.29 is 14.0 Å². The Morgan fingerprint density at radius 1 is 1.24 bits per heavy atom. The lowest BCUT2D eigenvalue weighted by Gasteiger charge is -2.09. The van der Waals surface area contributed by atoms with Crippen molar-refractivity contribution in [1.82, 2.24) is 10.5 Å². The van der Waals surface area contributed by atoms with E-state index >= 15 is 0 Å². The summed E-state index contributed by atoms with van der Waals surface area (Å²) in [5, 5.41) is 7.29. The van der Waals surface area contributed by atoms with E-state index < -0.39 is 0 Å². The standard InChI is InChI=1S/C16H22N2O3/c1-4-7-17-10-13-9-14(21-18-13)11-20-15-6-5-12(2)8-16(15)19-3/h5-6,8-9,17H,4,7,10-11H2,1-3H3. The Morgan fingerprint density at radius 2 is 2.10 bits per heavy atom. The maximum absolute atomic E-state index is 5.73. The molecule has 0 saturated heterocycles. The van der Waals surface area contributed by atoms with E-state index in [2.05, 4.69) is 17.4 Å². The minimum absolute atomic E-state index is 0.334. The summed E-state index contributed by atoms with van der Waals surface area (Å²) in [7, 11) is 1.63. The fourth-order valence-corrected chi connectivity index (χ4v) is 1.94. The van der Waals surface area contributed by atoms with Gasteiger partial charge in [0, 0.05) is 12.6 Å². The van der Waals surface area contributed by atoms with Gasteiger partial charge >= 0.3 is 0 Å². The maximum Gasteiger partial charge on any atom is 0.174 e. The van der Waals surface area contributed by atoms with Crippen molar-refractivity contribution in [3.8, 4) is 11.5 Å². The second-order valence-electron chi connectivity index (χ2n) is 4.90. The van der Waals surface area contributed by atoms with Crippen LogP contribution in [0.15, 0.2) is 28.8 Å². The average Bonchev–Trinajstić information content (AvgIpc) is 2.94. The number of nitrogens with zero attached hydrogens (tertiary/aromatic N) is 1. The molecule has 21 heavy (non-hydrogen) atoms. The lowest BCUT2D eigenvalue weighted by Crippen LogP contribution is -2.13. The molecule has 0 spiro atoms. The number of nitrogens with one attached hydrogen (secondary N) is 1. The molecule has 1 aromatic heterocycles. The van der Waals surface area contributed by atoms with Crippen LogP contribution < -0.4 is 14.8 Å². The molecule has 0 fully saturated rings. The zero-order chi connectivity index (χ0) is 15.1. The van der Waals surface area contributed by atoms with E-state index in [0.29, 0.717) is 24.7 Å². The van der Waals surface area contributed by atoms with Gasteiger partial charge in [-0.1, -0.05) is 18.1 Å². The van der Waals surface area contributed by atoms with Gasteiger partial charge in [0.05, 0.1) is 12.8 Å². The van der Waals surface area contributed by atoms with E-state index in [4.69, 9.17) is 14.0 Å². The van der Waals surface area contributed by atoms with Gasteiger partial charge in [-0.15, -0.1) is 0 Å². The zero-order valence-electron chi connectivity index (χ0n) is 12.8. The summed E-state index contributed by atoms with van der Waals surface area (Å²) < 4.78 is 16.3. The van der Waals surface area contributed by atoms with E-state index in [1.54, 1.807) is 7.11 Å². The third-order valence-electron chi connectivity index (χ3n) is 3.03. The fraction of sp³-hybridized carbons (Fsp3) is 0.438. The van der Waals surface area contributed by atoms with E-state index in [1.807, 2.05) is 31.2 Å². The van der Waals surface area contributed by atoms with Gasteiger partial charge in [0.2, 0.25) is 0 Å². The maximum atomic E-state index is 5.73. The average molecular weight is 290 g/mol. The van der Waals surface area contributed by atoms with Crippen molar-refractivity contribution in [2.24, 2.45) is 0 Å². The second-order valence-corrected chi connectivity index (χ2v) is 4.90. The lowest BCUT2D eigenvalue weighted by molar-refractivity contribution is 0.238. The Labute approximate surface area is 125 Å². The summed E-state index contributed by atoms with van der Waals surface area (Å²) in [6, 6.07) is 7.73. The quantitative estimate of drug-likeness (QED) is 0.757. The second kappa shape index (κ2) is 7.69. The number of methoxy groups -OCH3 is 1. The van der Waals surface area contributed by atoms with Crippen molar-refractivity contribution in [2.75, 3.05) is 13.7 Å². The first-order chi connectivity index (χ1) is 10.2. The number of hydrogen-bond donors (Lipinski definition) is 1. The molecule has 0 saturated carbocycles. The molecular formula is C16H22N2O3. The van der Waals surface area contributed by atoms with Crippen molar-refractivity contribution in [3.63, 3.8) is 0 Å². The van der Waals surface area contributed by atoms with Crippen LogP contribution in [0.5, 0.6) is 11.5 Å². The first kappa shape index (κ1) is 15.4. The van der Waals surface area contributed by atoms with Crippen molar-refractivity contribution in [3.05, 3.63) is 41.3 Å². The number of ether oxygens (including phenoxy) is 2. The number of hydrogen-bond acceptors (Lipinski definition) is 5. The zero-order valence-corrected chi connectivity index (χ0v) is 12.8. The number of benzene rings is 1. The van der Waals surface area contributed by atoms with Gasteiger partial charge < -0.3 is 19.3 Å². The van der Waals surface area contributed by atoms with Crippen LogP contribution in [0.3, 0.4) is 0 Å². The van der Waals surface area contributed by atoms with Gasteiger partial charge in [0.1, 0.15) is 6.61 Å². The topological polar surface area (TPSA) is 56.5 Å². The Kier molecular flexibility index (Phi) is 5.63. The van der Waals surface area contributed by atoms with E-state index in [0.717, 1.165) is 30.0 Å². The van der Waals surface area contributed by atoms with Gasteiger partial charge in [0.25, 0.3) is 0 Å². The first-order valence-corrected chi connectivity index (χ1v) is 7.15. The van der Waals surface area contributed by atoms with Crippen molar-refractivity contribution in [2.45, 2.75) is 33.4 Å². The highest BCUT2D eigenvalue weighted by Crippen LogP contribution is 2.28. The van der Waals surface area contributed by atoms with Crippen LogP contribution >= 0.6 is 0 Å². The summed E-state index contributed by atoms with van der Waals surface area (Å²) in [6.45, 7) is 6.16. The third kappa shape index (κ3) is 4.49. The minimum atomic E-state index is 0.334. The predicted molar refractivity (Wildman–Crippen MR) is 80.6 cm³/mol. The molecule has 0 unspecified atom stereocenters. The van der Waals surface area contributed by atoms with Crippen LogP contribution in [-0.4, -0.2) is 18.8 Å². The molecule has 5 heteroatoms. The van der Waals surface area contributed by atoms with Crippen LogP contribution in [0.2, 0.25) is 0 Å². The van der Waals surface area contributed by atoms with Crippen LogP contribution in [0.25, 0.3) is 0 Å². The van der Waals surface area contributed by atoms with Gasteiger partial charge in [0.15, 0.2) is 17.3 Å². The molecule has 0 aliphatic carbocycles. The highest BCUT2D eigenvalue weighted by atomic mass is 16.5. The number of aryl methyl sites for hydroxylation is 1. The lowest BCUT2D eigenvalue weighted by atomic mass is 10.2. The first-order valence-electron chi connectivity index (χ1n) is 7.15. The molecule has 0 amide bonds. The molecule has 0 aliphatic heterocycles. The monoisotopic (exact) mass is 290 g/mol. The van der Waals surface area contributed by atoms with Crippen molar-refractivity contribution in [1.29, 1.82) is 0 Å². The van der Waals surface area contributed by atoms with Gasteiger partial charge in [-0.05, 0) is 37.6 Å². The molecule has 1 aromatic carbocycles. The van der Waals surface area contributed by atoms with Gasteiger partial charge in [-0.2, -0.15) is 0 Å². The van der Waals surface area contributed by atoms with Crippen molar-refractivity contribution >= 4 is 0 Å². The molecule has 114 valence electrons. The summed E-state index contributed by atoms with van der Waals surface area (Å²) in [5.74, 6) is 2.12. The number of aromatic nitrogens is 1. The van der Waals surface area contributed by atoms with Crippen LogP contribution in [0, 0.1) is 6.92 Å². The third-order valence-corrected chi connectivity index (χ3v) is 3.03. The van der Waals surface area contributed by atoms with Gasteiger partial charge in [-0.25, -0.2) is 0 Å². The molecule has 2 rings (SSSR count). The van der Waals surface area contributed by atoms with E-state index in [1.165, 1.54) is 0 Å². The summed E-state index contributed by atoms with van der Waals surface area (Å²) in [5.41, 5.74) is 2.01. The Bertz CT molecular complexity index is 566. The highest BCUT2D eigenvalue weighted by Gasteiger charge is 2.08. The molecular weight excluding hydrogens is 268 g/mol. The van der Waals surface area contributed by atoms with Crippen LogP contribution in [0.4, 0.5) is 0 Å². The van der Waals surface area contributed by atoms with Gasteiger partial charge in [-0.3, -0.25) is 0 Å². The van der Waals surface area contributed by atoms with Crippen LogP contribution in [0.1, 0.15) is 30.4 Å². The Hall–Kier alpha value is -2.01. The highest BCUT2D eigenvalue weighted by molar-refractivity contribution is 5.42. The minimum Gasteiger partial charge on any atom is -0.493 e. The fourth-order valence-electron chi connectivity index (χ4n) is 1.94.